The van der Waals surface area contributed by atoms with Crippen molar-refractivity contribution in [2.75, 3.05) is 6.61 Å². The van der Waals surface area contributed by atoms with Gasteiger partial charge in [-0.1, -0.05) is 32.6 Å². The summed E-state index contributed by atoms with van der Waals surface area (Å²) in [5.74, 6) is -0.505. The lowest BCUT2D eigenvalue weighted by molar-refractivity contribution is -0.259. The molecule has 0 radical (unpaired) electrons. The number of carbonyl (C=O) groups excluding carboxylic acids is 1. The van der Waals surface area contributed by atoms with Gasteiger partial charge in [0, 0.05) is 0 Å². The number of hydrogen-bond donors (Lipinski definition) is 0. The van der Waals surface area contributed by atoms with Gasteiger partial charge in [-0.2, -0.15) is 0 Å². The molecule has 0 saturated carbocycles. The summed E-state index contributed by atoms with van der Waals surface area (Å²) in [7, 11) is 0. The molecule has 1 fully saturated rings. The van der Waals surface area contributed by atoms with Gasteiger partial charge in [0.2, 0.25) is 0 Å². The molecular weight excluding hydrogens is 192 g/mol. The number of hydrogen-bond acceptors (Lipinski definition) is 3. The number of ether oxygens (including phenoxy) is 2. The fourth-order valence-corrected chi connectivity index (χ4v) is 1.76. The molecule has 1 rings (SSSR count). The van der Waals surface area contributed by atoms with E-state index in [9.17, 15) is 4.79 Å². The predicted octanol–water partition coefficient (Wildman–Crippen LogP) is 2.68. The Labute approximate surface area is 92.1 Å². The maximum atomic E-state index is 11.5. The van der Waals surface area contributed by atoms with Gasteiger partial charge in [0.25, 0.3) is 0 Å². The zero-order valence-corrected chi connectivity index (χ0v) is 10.0. The van der Waals surface area contributed by atoms with Gasteiger partial charge in [-0.3, -0.25) is 4.79 Å². The van der Waals surface area contributed by atoms with E-state index in [1.807, 2.05) is 13.8 Å². The molecule has 0 aromatic rings. The van der Waals surface area contributed by atoms with E-state index < -0.39 is 5.79 Å². The van der Waals surface area contributed by atoms with E-state index in [-0.39, 0.29) is 18.5 Å². The molecule has 0 aromatic heterocycles. The predicted molar refractivity (Wildman–Crippen MR) is 58.7 cm³/mol. The highest BCUT2D eigenvalue weighted by molar-refractivity contribution is 5.84. The molecule has 1 saturated heterocycles. The minimum Gasteiger partial charge on any atom is -0.343 e. The van der Waals surface area contributed by atoms with Crippen LogP contribution in [0.4, 0.5) is 0 Å². The van der Waals surface area contributed by atoms with Crippen molar-refractivity contribution in [1.82, 2.24) is 0 Å². The molecule has 1 atom stereocenters. The van der Waals surface area contributed by atoms with Crippen LogP contribution in [0.25, 0.3) is 0 Å². The van der Waals surface area contributed by atoms with Crippen LogP contribution in [0.15, 0.2) is 0 Å². The highest BCUT2D eigenvalue weighted by Gasteiger charge is 2.34. The van der Waals surface area contributed by atoms with Crippen LogP contribution in [0, 0.1) is 0 Å². The molecule has 0 spiro atoms. The lowest BCUT2D eigenvalue weighted by Gasteiger charge is -2.34. The largest absolute Gasteiger partial charge is 0.343 e. The van der Waals surface area contributed by atoms with Gasteiger partial charge in [-0.05, 0) is 20.3 Å². The monoisotopic (exact) mass is 214 g/mol. The Morgan fingerprint density at radius 3 is 2.73 bits per heavy atom. The lowest BCUT2D eigenvalue weighted by Crippen LogP contribution is -2.45. The Bertz CT molecular complexity index is 211. The molecule has 0 aromatic carbocycles. The van der Waals surface area contributed by atoms with Gasteiger partial charge >= 0.3 is 0 Å². The Morgan fingerprint density at radius 1 is 1.33 bits per heavy atom. The van der Waals surface area contributed by atoms with Crippen molar-refractivity contribution in [1.29, 1.82) is 0 Å². The van der Waals surface area contributed by atoms with Crippen LogP contribution in [0.2, 0.25) is 0 Å². The van der Waals surface area contributed by atoms with Crippen molar-refractivity contribution >= 4 is 5.78 Å². The van der Waals surface area contributed by atoms with Crippen LogP contribution in [-0.4, -0.2) is 24.3 Å². The van der Waals surface area contributed by atoms with E-state index in [0.717, 1.165) is 12.8 Å². The molecule has 0 bridgehead atoms. The number of Topliss-reactive ketones (excluding diaryl/α,β-unsaturated/α-hetero) is 1. The van der Waals surface area contributed by atoms with Crippen LogP contribution in [0.1, 0.15) is 52.9 Å². The van der Waals surface area contributed by atoms with Gasteiger partial charge in [0.15, 0.2) is 11.6 Å². The van der Waals surface area contributed by atoms with E-state index in [0.29, 0.717) is 0 Å². The third-order valence-corrected chi connectivity index (χ3v) is 2.67. The number of unbranched alkanes of at least 4 members (excludes halogenated alkanes) is 3. The Balaban J connectivity index is 2.29. The molecule has 88 valence electrons. The third kappa shape index (κ3) is 4.31. The van der Waals surface area contributed by atoms with E-state index in [1.165, 1.54) is 19.3 Å². The first-order valence-corrected chi connectivity index (χ1v) is 5.89. The standard InChI is InChI=1S/C12H22O3/c1-4-5-6-7-8-11-10(13)9-14-12(2,3)15-11/h11H,4-9H2,1-3H3/t11-/m0/s1. The van der Waals surface area contributed by atoms with E-state index in [1.54, 1.807) is 0 Å². The average molecular weight is 214 g/mol. The van der Waals surface area contributed by atoms with E-state index in [2.05, 4.69) is 6.92 Å². The molecule has 1 aliphatic rings. The average Bonchev–Trinajstić information content (AvgIpc) is 2.18. The van der Waals surface area contributed by atoms with Crippen LogP contribution >= 0.6 is 0 Å². The molecule has 3 nitrogen and oxygen atoms in total. The minimum absolute atomic E-state index is 0.0887. The molecule has 15 heavy (non-hydrogen) atoms. The quantitative estimate of drug-likeness (QED) is 0.660. The second-order valence-corrected chi connectivity index (χ2v) is 4.61. The second-order valence-electron chi connectivity index (χ2n) is 4.61. The topological polar surface area (TPSA) is 35.5 Å². The highest BCUT2D eigenvalue weighted by atomic mass is 16.7. The highest BCUT2D eigenvalue weighted by Crippen LogP contribution is 2.23. The van der Waals surface area contributed by atoms with Crippen molar-refractivity contribution in [3.05, 3.63) is 0 Å². The van der Waals surface area contributed by atoms with E-state index >= 15 is 0 Å². The van der Waals surface area contributed by atoms with Crippen molar-refractivity contribution in [2.45, 2.75) is 64.8 Å². The fraction of sp³-hybridized carbons (Fsp3) is 0.917. The summed E-state index contributed by atoms with van der Waals surface area (Å²) in [6.07, 6.45) is 5.30. The zero-order chi connectivity index (χ0) is 11.3. The lowest BCUT2D eigenvalue weighted by atomic mass is 10.0. The maximum absolute atomic E-state index is 11.5. The first-order valence-electron chi connectivity index (χ1n) is 5.89. The van der Waals surface area contributed by atoms with Gasteiger partial charge < -0.3 is 9.47 Å². The fourth-order valence-electron chi connectivity index (χ4n) is 1.76. The number of ketones is 1. The number of rotatable bonds is 5. The van der Waals surface area contributed by atoms with E-state index in [4.69, 9.17) is 9.47 Å². The summed E-state index contributed by atoms with van der Waals surface area (Å²) in [6.45, 7) is 6.10. The molecule has 0 N–H and O–H groups in total. The smallest absolute Gasteiger partial charge is 0.187 e. The van der Waals surface area contributed by atoms with Crippen LogP contribution in [0.3, 0.4) is 0 Å². The summed E-state index contributed by atoms with van der Waals surface area (Å²) >= 11 is 0. The molecule has 0 unspecified atom stereocenters. The van der Waals surface area contributed by atoms with Crippen LogP contribution in [0.5, 0.6) is 0 Å². The van der Waals surface area contributed by atoms with Crippen molar-refractivity contribution in [3.63, 3.8) is 0 Å². The zero-order valence-electron chi connectivity index (χ0n) is 10.0. The minimum atomic E-state index is -0.594. The van der Waals surface area contributed by atoms with Gasteiger partial charge in [-0.25, -0.2) is 0 Å². The Hall–Kier alpha value is -0.410. The number of carbonyl (C=O) groups is 1. The van der Waals surface area contributed by atoms with Gasteiger partial charge in [0.05, 0.1) is 0 Å². The molecular formula is C12H22O3. The molecule has 0 aliphatic carbocycles. The van der Waals surface area contributed by atoms with Crippen molar-refractivity contribution < 1.29 is 14.3 Å². The SMILES string of the molecule is CCCCCC[C@@H]1OC(C)(C)OCC1=O. The molecule has 1 aliphatic heterocycles. The summed E-state index contributed by atoms with van der Waals surface area (Å²) in [6, 6.07) is 0. The Morgan fingerprint density at radius 2 is 2.07 bits per heavy atom. The van der Waals surface area contributed by atoms with Gasteiger partial charge in [0.1, 0.15) is 12.7 Å². The normalized spacial score (nSPS) is 25.5. The first kappa shape index (κ1) is 12.7. The maximum Gasteiger partial charge on any atom is 0.187 e. The summed E-state index contributed by atoms with van der Waals surface area (Å²) in [5.41, 5.74) is 0. The molecule has 3 heteroatoms. The summed E-state index contributed by atoms with van der Waals surface area (Å²) < 4.78 is 10.9. The second kappa shape index (κ2) is 5.61. The summed E-state index contributed by atoms with van der Waals surface area (Å²) in [4.78, 5) is 11.5. The van der Waals surface area contributed by atoms with Crippen molar-refractivity contribution in [2.24, 2.45) is 0 Å². The van der Waals surface area contributed by atoms with Crippen LogP contribution < -0.4 is 0 Å². The Kier molecular flexibility index (Phi) is 4.74. The first-order chi connectivity index (χ1) is 7.05. The molecule has 0 amide bonds. The molecule has 1 heterocycles. The third-order valence-electron chi connectivity index (χ3n) is 2.67. The van der Waals surface area contributed by atoms with Gasteiger partial charge in [-0.15, -0.1) is 0 Å². The van der Waals surface area contributed by atoms with Crippen LogP contribution in [-0.2, 0) is 14.3 Å². The summed E-state index contributed by atoms with van der Waals surface area (Å²) in [5, 5.41) is 0. The van der Waals surface area contributed by atoms with Crippen molar-refractivity contribution in [3.8, 4) is 0 Å².